The first-order valence-electron chi connectivity index (χ1n) is 14.3. The summed E-state index contributed by atoms with van der Waals surface area (Å²) in [4.78, 5) is 43.2. The van der Waals surface area contributed by atoms with Crippen LogP contribution in [0.15, 0.2) is 117 Å². The van der Waals surface area contributed by atoms with Crippen molar-refractivity contribution in [3.63, 3.8) is 0 Å². The standard InChI is InChI=1S/C35H28BrN3O6/c36-25-9-4-5-10-29(25)44-30-11-6-12-31-33(30)28(41)19-32(45-31)35(43)39-27(17-21-7-2-1-3-8-21)34(42)37-16-15-22-20-38-26-14-13-23(40)18-24(22)26/h1-14,18-20,27,38,40H,15-17H2,(H,37,42)(H,39,43)/t27-/m0/s1. The fraction of sp³-hybridized carbons (Fsp3) is 0.114. The summed E-state index contributed by atoms with van der Waals surface area (Å²) in [5, 5.41) is 16.6. The highest BCUT2D eigenvalue weighted by molar-refractivity contribution is 9.10. The van der Waals surface area contributed by atoms with E-state index in [4.69, 9.17) is 9.15 Å². The van der Waals surface area contributed by atoms with E-state index >= 15 is 0 Å². The number of phenols is 1. The van der Waals surface area contributed by atoms with Crippen LogP contribution in [0.25, 0.3) is 21.9 Å². The van der Waals surface area contributed by atoms with E-state index in [0.29, 0.717) is 23.2 Å². The van der Waals surface area contributed by atoms with Gasteiger partial charge in [-0.1, -0.05) is 48.5 Å². The molecule has 0 aliphatic rings. The molecule has 0 saturated heterocycles. The first-order chi connectivity index (χ1) is 21.9. The van der Waals surface area contributed by atoms with Gasteiger partial charge in [0.15, 0.2) is 11.2 Å². The number of ether oxygens (including phenoxy) is 1. The molecule has 0 bridgehead atoms. The van der Waals surface area contributed by atoms with Gasteiger partial charge in [-0.3, -0.25) is 14.4 Å². The van der Waals surface area contributed by atoms with E-state index in [2.05, 4.69) is 31.5 Å². The van der Waals surface area contributed by atoms with E-state index in [1.807, 2.05) is 54.7 Å². The first kappa shape index (κ1) is 29.7. The second-order valence-corrected chi connectivity index (χ2v) is 11.3. The minimum absolute atomic E-state index is 0.159. The van der Waals surface area contributed by atoms with E-state index in [-0.39, 0.29) is 40.6 Å². The molecule has 4 N–H and O–H groups in total. The van der Waals surface area contributed by atoms with E-state index < -0.39 is 17.4 Å². The Morgan fingerprint density at radius 2 is 1.71 bits per heavy atom. The van der Waals surface area contributed by atoms with Crippen LogP contribution in [0.2, 0.25) is 0 Å². The molecule has 10 heteroatoms. The third-order valence-electron chi connectivity index (χ3n) is 7.35. The van der Waals surface area contributed by atoms with Crippen LogP contribution in [0.5, 0.6) is 17.2 Å². The molecule has 9 nitrogen and oxygen atoms in total. The number of benzene rings is 4. The molecule has 6 rings (SSSR count). The maximum absolute atomic E-state index is 13.4. The van der Waals surface area contributed by atoms with Crippen LogP contribution in [-0.2, 0) is 17.6 Å². The number of para-hydroxylation sites is 1. The highest BCUT2D eigenvalue weighted by Crippen LogP contribution is 2.32. The maximum Gasteiger partial charge on any atom is 0.287 e. The van der Waals surface area contributed by atoms with Gasteiger partial charge in [-0.2, -0.15) is 0 Å². The summed E-state index contributed by atoms with van der Waals surface area (Å²) in [5.74, 6) is -0.353. The fourth-order valence-corrected chi connectivity index (χ4v) is 5.49. The Morgan fingerprint density at radius 1 is 0.933 bits per heavy atom. The molecule has 6 aromatic rings. The summed E-state index contributed by atoms with van der Waals surface area (Å²) in [6.45, 7) is 0.300. The zero-order valence-electron chi connectivity index (χ0n) is 23.9. The normalized spacial score (nSPS) is 11.8. The Morgan fingerprint density at radius 3 is 2.53 bits per heavy atom. The lowest BCUT2D eigenvalue weighted by Crippen LogP contribution is -2.48. The van der Waals surface area contributed by atoms with Crippen molar-refractivity contribution in [2.24, 2.45) is 0 Å². The van der Waals surface area contributed by atoms with Gasteiger partial charge in [0.2, 0.25) is 5.91 Å². The lowest BCUT2D eigenvalue weighted by molar-refractivity contribution is -0.122. The van der Waals surface area contributed by atoms with Crippen LogP contribution in [0.3, 0.4) is 0 Å². The van der Waals surface area contributed by atoms with Gasteiger partial charge in [-0.25, -0.2) is 0 Å². The highest BCUT2D eigenvalue weighted by atomic mass is 79.9. The van der Waals surface area contributed by atoms with Crippen molar-refractivity contribution in [2.45, 2.75) is 18.9 Å². The van der Waals surface area contributed by atoms with Crippen LogP contribution in [0, 0.1) is 0 Å². The predicted octanol–water partition coefficient (Wildman–Crippen LogP) is 6.23. The molecule has 4 aromatic carbocycles. The van der Waals surface area contributed by atoms with Gasteiger partial charge >= 0.3 is 0 Å². The van der Waals surface area contributed by atoms with Gasteiger partial charge < -0.3 is 29.9 Å². The second kappa shape index (κ2) is 13.1. The zero-order chi connectivity index (χ0) is 31.3. The molecule has 0 fully saturated rings. The predicted molar refractivity (Wildman–Crippen MR) is 175 cm³/mol. The molecule has 0 spiro atoms. The molecule has 2 amide bonds. The SMILES string of the molecule is O=C(N[C@@H](Cc1ccccc1)C(=O)NCCc1c[nH]c2ccc(O)cc12)c1cc(=O)c2c(Oc3ccccc3Br)cccc2o1. The van der Waals surface area contributed by atoms with Crippen molar-refractivity contribution in [1.82, 2.24) is 15.6 Å². The van der Waals surface area contributed by atoms with Gasteiger partial charge in [0.1, 0.15) is 34.3 Å². The Bertz CT molecular complexity index is 2070. The molecule has 226 valence electrons. The lowest BCUT2D eigenvalue weighted by atomic mass is 10.0. The minimum Gasteiger partial charge on any atom is -0.508 e. The summed E-state index contributed by atoms with van der Waals surface area (Å²) in [7, 11) is 0. The third-order valence-corrected chi connectivity index (χ3v) is 8.00. The number of carbonyl (C=O) groups excluding carboxylic acids is 2. The quantitative estimate of drug-likeness (QED) is 0.137. The number of carbonyl (C=O) groups is 2. The number of amides is 2. The van der Waals surface area contributed by atoms with Gasteiger partial charge in [0.05, 0.1) is 4.47 Å². The molecule has 0 aliphatic carbocycles. The third kappa shape index (κ3) is 6.76. The molecular weight excluding hydrogens is 638 g/mol. The van der Waals surface area contributed by atoms with E-state index in [0.717, 1.165) is 28.1 Å². The van der Waals surface area contributed by atoms with Crippen LogP contribution >= 0.6 is 15.9 Å². The molecule has 2 aromatic heterocycles. The topological polar surface area (TPSA) is 134 Å². The number of phenolic OH excluding ortho intramolecular Hbond substituents is 1. The molecule has 45 heavy (non-hydrogen) atoms. The smallest absolute Gasteiger partial charge is 0.287 e. The number of hydrogen-bond acceptors (Lipinski definition) is 6. The fourth-order valence-electron chi connectivity index (χ4n) is 5.13. The number of aromatic hydroxyl groups is 1. The van der Waals surface area contributed by atoms with Gasteiger partial charge in [0, 0.05) is 36.1 Å². The number of nitrogens with one attached hydrogen (secondary N) is 3. The summed E-state index contributed by atoms with van der Waals surface area (Å²) in [6, 6.07) is 26.7. The molecule has 0 saturated carbocycles. The number of hydrogen-bond donors (Lipinski definition) is 4. The molecule has 0 radical (unpaired) electrons. The highest BCUT2D eigenvalue weighted by Gasteiger charge is 2.24. The van der Waals surface area contributed by atoms with Crippen LogP contribution < -0.4 is 20.8 Å². The number of H-pyrrole nitrogens is 1. The summed E-state index contributed by atoms with van der Waals surface area (Å²) in [6.07, 6.45) is 2.57. The Balaban J connectivity index is 1.20. The van der Waals surface area contributed by atoms with Crippen molar-refractivity contribution in [2.75, 3.05) is 6.54 Å². The maximum atomic E-state index is 13.4. The number of aromatic amines is 1. The van der Waals surface area contributed by atoms with E-state index in [1.54, 1.807) is 42.5 Å². The van der Waals surface area contributed by atoms with Crippen molar-refractivity contribution >= 4 is 49.6 Å². The number of rotatable bonds is 10. The van der Waals surface area contributed by atoms with Crippen molar-refractivity contribution in [3.05, 3.63) is 135 Å². The number of halogens is 1. The van der Waals surface area contributed by atoms with Crippen molar-refractivity contribution < 1.29 is 23.8 Å². The first-order valence-corrected chi connectivity index (χ1v) is 15.1. The number of aromatic nitrogens is 1. The van der Waals surface area contributed by atoms with Gasteiger partial charge in [0.25, 0.3) is 5.91 Å². The van der Waals surface area contributed by atoms with Crippen LogP contribution in [0.1, 0.15) is 21.7 Å². The molecular formula is C35H28BrN3O6. The summed E-state index contributed by atoms with van der Waals surface area (Å²) >= 11 is 3.44. The monoisotopic (exact) mass is 665 g/mol. The van der Waals surface area contributed by atoms with E-state index in [9.17, 15) is 19.5 Å². The van der Waals surface area contributed by atoms with Gasteiger partial charge in [-0.15, -0.1) is 0 Å². The average molecular weight is 667 g/mol. The summed E-state index contributed by atoms with van der Waals surface area (Å²) < 4.78 is 12.6. The molecule has 1 atom stereocenters. The Labute approximate surface area is 266 Å². The summed E-state index contributed by atoms with van der Waals surface area (Å²) in [5.41, 5.74) is 2.38. The van der Waals surface area contributed by atoms with Gasteiger partial charge in [-0.05, 0) is 75.9 Å². The average Bonchev–Trinajstić information content (AvgIpc) is 3.44. The van der Waals surface area contributed by atoms with Crippen LogP contribution in [0.4, 0.5) is 0 Å². The zero-order valence-corrected chi connectivity index (χ0v) is 25.5. The van der Waals surface area contributed by atoms with Crippen molar-refractivity contribution in [1.29, 1.82) is 0 Å². The molecule has 2 heterocycles. The Hall–Kier alpha value is -5.35. The van der Waals surface area contributed by atoms with Crippen molar-refractivity contribution in [3.8, 4) is 17.2 Å². The largest absolute Gasteiger partial charge is 0.508 e. The molecule has 0 aliphatic heterocycles. The Kier molecular flexibility index (Phi) is 8.65. The van der Waals surface area contributed by atoms with Crippen LogP contribution in [-0.4, -0.2) is 34.5 Å². The second-order valence-electron chi connectivity index (χ2n) is 10.4. The lowest BCUT2D eigenvalue weighted by Gasteiger charge is -2.18. The minimum atomic E-state index is -0.946. The number of fused-ring (bicyclic) bond motifs is 2. The van der Waals surface area contributed by atoms with E-state index in [1.165, 1.54) is 0 Å². The molecule has 0 unspecified atom stereocenters.